The number of rotatable bonds is 7. The summed E-state index contributed by atoms with van der Waals surface area (Å²) in [7, 11) is 0. The lowest BCUT2D eigenvalue weighted by Crippen LogP contribution is -2.39. The largest absolute Gasteiger partial charge is 0.492 e. The summed E-state index contributed by atoms with van der Waals surface area (Å²) < 4.78 is 17.2. The van der Waals surface area contributed by atoms with Gasteiger partial charge in [-0.1, -0.05) is 26.7 Å². The molecule has 0 spiro atoms. The fourth-order valence-corrected chi connectivity index (χ4v) is 2.86. The van der Waals surface area contributed by atoms with E-state index in [0.717, 1.165) is 36.6 Å². The van der Waals surface area contributed by atoms with Gasteiger partial charge >= 0.3 is 0 Å². The maximum absolute atomic E-state index is 5.81. The first-order valence-electron chi connectivity index (χ1n) is 9.97. The Morgan fingerprint density at radius 1 is 1.07 bits per heavy atom. The van der Waals surface area contributed by atoms with Crippen LogP contribution >= 0.6 is 0 Å². The van der Waals surface area contributed by atoms with E-state index >= 15 is 0 Å². The Morgan fingerprint density at radius 2 is 1.81 bits per heavy atom. The van der Waals surface area contributed by atoms with E-state index in [4.69, 9.17) is 14.2 Å². The summed E-state index contributed by atoms with van der Waals surface area (Å²) in [5, 5.41) is 0. The normalized spacial score (nSPS) is 19.8. The highest BCUT2D eigenvalue weighted by atomic mass is 16.5. The van der Waals surface area contributed by atoms with Gasteiger partial charge in [0, 0.05) is 6.42 Å². The monoisotopic (exact) mass is 373 g/mol. The third kappa shape index (κ3) is 8.32. The molecule has 4 heteroatoms. The molecule has 1 aromatic rings. The minimum Gasteiger partial charge on any atom is -0.492 e. The van der Waals surface area contributed by atoms with Crippen LogP contribution < -0.4 is 4.74 Å². The summed E-state index contributed by atoms with van der Waals surface area (Å²) in [4.78, 5) is 4.33. The summed E-state index contributed by atoms with van der Waals surface area (Å²) >= 11 is 0. The number of hydrogen-bond acceptors (Lipinski definition) is 4. The standard InChI is InChI=1S/C23H35NO3/c1-22(2,3)18-15-21(16-18)26-12-7-9-19-10-11-20(17-24-19)25-13-8-14-27-23(4,5)6/h10-11,17-18,21H,8,12-16H2,1-6H3. The molecular weight excluding hydrogens is 338 g/mol. The highest BCUT2D eigenvalue weighted by molar-refractivity contribution is 5.31. The summed E-state index contributed by atoms with van der Waals surface area (Å²) in [6.07, 6.45) is 5.24. The molecule has 1 aliphatic rings. The van der Waals surface area contributed by atoms with Gasteiger partial charge in [0.05, 0.1) is 31.1 Å². The fourth-order valence-electron chi connectivity index (χ4n) is 2.86. The second-order valence-electron chi connectivity index (χ2n) is 9.31. The van der Waals surface area contributed by atoms with Gasteiger partial charge in [-0.25, -0.2) is 4.98 Å². The molecule has 1 fully saturated rings. The maximum atomic E-state index is 5.81. The van der Waals surface area contributed by atoms with Gasteiger partial charge in [-0.3, -0.25) is 0 Å². The lowest BCUT2D eigenvalue weighted by Gasteiger charge is -2.43. The van der Waals surface area contributed by atoms with Gasteiger partial charge in [-0.15, -0.1) is 0 Å². The van der Waals surface area contributed by atoms with Crippen LogP contribution in [0.4, 0.5) is 0 Å². The Hall–Kier alpha value is -1.57. The van der Waals surface area contributed by atoms with Gasteiger partial charge in [0.25, 0.3) is 0 Å². The molecule has 0 unspecified atom stereocenters. The van der Waals surface area contributed by atoms with Crippen LogP contribution in [0.25, 0.3) is 0 Å². The molecule has 0 saturated heterocycles. The van der Waals surface area contributed by atoms with Crippen LogP contribution in [0.3, 0.4) is 0 Å². The van der Waals surface area contributed by atoms with E-state index in [1.54, 1.807) is 6.20 Å². The number of nitrogens with zero attached hydrogens (tertiary/aromatic N) is 1. The predicted molar refractivity (Wildman–Crippen MR) is 109 cm³/mol. The lowest BCUT2D eigenvalue weighted by atomic mass is 9.67. The molecule has 0 amide bonds. The predicted octanol–water partition coefficient (Wildman–Crippen LogP) is 4.86. The molecule has 0 aliphatic heterocycles. The van der Waals surface area contributed by atoms with Crippen LogP contribution in [-0.2, 0) is 9.47 Å². The van der Waals surface area contributed by atoms with Crippen molar-refractivity contribution in [1.29, 1.82) is 0 Å². The number of pyridine rings is 1. The Balaban J connectivity index is 1.61. The molecule has 2 rings (SSSR count). The molecule has 0 atom stereocenters. The van der Waals surface area contributed by atoms with E-state index in [9.17, 15) is 0 Å². The number of ether oxygens (including phenoxy) is 3. The minimum absolute atomic E-state index is 0.0987. The quantitative estimate of drug-likeness (QED) is 0.506. The Kier molecular flexibility index (Phi) is 7.70. The molecule has 1 aromatic heterocycles. The molecule has 150 valence electrons. The SMILES string of the molecule is CC(C)(C)OCCCOc1ccc(C#CCOC2CC(C(C)(C)C)C2)nc1. The summed E-state index contributed by atoms with van der Waals surface area (Å²) in [5.41, 5.74) is 1.03. The first kappa shape index (κ1) is 21.7. The first-order valence-corrected chi connectivity index (χ1v) is 9.97. The summed E-state index contributed by atoms with van der Waals surface area (Å²) in [6.45, 7) is 14.8. The summed E-state index contributed by atoms with van der Waals surface area (Å²) in [5.74, 6) is 7.63. The minimum atomic E-state index is -0.0987. The molecular formula is C23H35NO3. The molecule has 27 heavy (non-hydrogen) atoms. The van der Waals surface area contributed by atoms with Crippen molar-refractivity contribution in [3.05, 3.63) is 24.0 Å². The van der Waals surface area contributed by atoms with E-state index in [0.29, 0.717) is 31.3 Å². The molecule has 1 aliphatic carbocycles. The molecule has 1 heterocycles. The number of hydrogen-bond donors (Lipinski definition) is 0. The topological polar surface area (TPSA) is 40.6 Å². The van der Waals surface area contributed by atoms with E-state index < -0.39 is 0 Å². The molecule has 4 nitrogen and oxygen atoms in total. The van der Waals surface area contributed by atoms with Crippen LogP contribution in [0.5, 0.6) is 5.75 Å². The lowest BCUT2D eigenvalue weighted by molar-refractivity contribution is -0.0501. The van der Waals surface area contributed by atoms with E-state index in [2.05, 4.69) is 58.4 Å². The molecule has 0 bridgehead atoms. The summed E-state index contributed by atoms with van der Waals surface area (Å²) in [6, 6.07) is 3.79. The zero-order chi connectivity index (χ0) is 19.9. The van der Waals surface area contributed by atoms with E-state index in [1.165, 1.54) is 0 Å². The van der Waals surface area contributed by atoms with Crippen molar-refractivity contribution in [3.8, 4) is 17.6 Å². The van der Waals surface area contributed by atoms with Gasteiger partial charge in [-0.05, 0) is 63.0 Å². The third-order valence-electron chi connectivity index (χ3n) is 4.76. The molecule has 0 aromatic carbocycles. The highest BCUT2D eigenvalue weighted by Gasteiger charge is 2.37. The smallest absolute Gasteiger partial charge is 0.137 e. The first-order chi connectivity index (χ1) is 12.6. The maximum Gasteiger partial charge on any atom is 0.137 e. The molecule has 0 radical (unpaired) electrons. The van der Waals surface area contributed by atoms with Crippen LogP contribution in [0.1, 0.15) is 66.5 Å². The van der Waals surface area contributed by atoms with Gasteiger partial charge < -0.3 is 14.2 Å². The van der Waals surface area contributed by atoms with Crippen molar-refractivity contribution in [2.24, 2.45) is 11.3 Å². The van der Waals surface area contributed by atoms with Crippen molar-refractivity contribution in [2.45, 2.75) is 72.5 Å². The second kappa shape index (κ2) is 9.57. The average Bonchev–Trinajstić information content (AvgIpc) is 2.51. The van der Waals surface area contributed by atoms with Crippen molar-refractivity contribution < 1.29 is 14.2 Å². The molecule has 0 N–H and O–H groups in total. The highest BCUT2D eigenvalue weighted by Crippen LogP contribution is 2.42. The van der Waals surface area contributed by atoms with Crippen LogP contribution in [0.15, 0.2) is 18.3 Å². The van der Waals surface area contributed by atoms with Crippen LogP contribution in [-0.4, -0.2) is 36.5 Å². The Morgan fingerprint density at radius 3 is 2.41 bits per heavy atom. The van der Waals surface area contributed by atoms with Crippen molar-refractivity contribution >= 4 is 0 Å². The Labute approximate surface area is 165 Å². The van der Waals surface area contributed by atoms with Gasteiger partial charge in [0.15, 0.2) is 0 Å². The third-order valence-corrected chi connectivity index (χ3v) is 4.76. The van der Waals surface area contributed by atoms with Crippen molar-refractivity contribution in [3.63, 3.8) is 0 Å². The number of aromatic nitrogens is 1. The van der Waals surface area contributed by atoms with Gasteiger partial charge in [-0.2, -0.15) is 0 Å². The van der Waals surface area contributed by atoms with Crippen LogP contribution in [0, 0.1) is 23.2 Å². The average molecular weight is 374 g/mol. The zero-order valence-corrected chi connectivity index (χ0v) is 17.8. The molecule has 1 saturated carbocycles. The van der Waals surface area contributed by atoms with Crippen molar-refractivity contribution in [2.75, 3.05) is 19.8 Å². The van der Waals surface area contributed by atoms with Crippen LogP contribution in [0.2, 0.25) is 0 Å². The van der Waals surface area contributed by atoms with E-state index in [-0.39, 0.29) is 5.60 Å². The van der Waals surface area contributed by atoms with Gasteiger partial charge in [0.1, 0.15) is 18.1 Å². The second-order valence-corrected chi connectivity index (χ2v) is 9.31. The van der Waals surface area contributed by atoms with Gasteiger partial charge in [0.2, 0.25) is 0 Å². The fraction of sp³-hybridized carbons (Fsp3) is 0.696. The Bertz CT molecular complexity index is 623. The van der Waals surface area contributed by atoms with Crippen molar-refractivity contribution in [1.82, 2.24) is 4.98 Å². The zero-order valence-electron chi connectivity index (χ0n) is 17.8. The van der Waals surface area contributed by atoms with E-state index in [1.807, 2.05) is 12.1 Å².